The van der Waals surface area contributed by atoms with Crippen molar-refractivity contribution in [2.45, 2.75) is 25.9 Å². The standard InChI is InChI=1S/C16H22N6/c1-11(14-18-15(17)20-16(19-14)21(2)3)22-9-8-12-6-4-5-7-13(12)10-22/h4-7,11H,8-10H2,1-3H3,(H2,17,18,19,20)/t11-/m0/s1. The number of nitrogens with two attached hydrogens (primary N) is 1. The summed E-state index contributed by atoms with van der Waals surface area (Å²) in [6.07, 6.45) is 1.06. The zero-order chi connectivity index (χ0) is 15.7. The number of rotatable bonds is 3. The zero-order valence-electron chi connectivity index (χ0n) is 13.3. The van der Waals surface area contributed by atoms with Crippen LogP contribution in [0.2, 0.25) is 0 Å². The first kappa shape index (κ1) is 14.7. The third kappa shape index (κ3) is 2.87. The fourth-order valence-corrected chi connectivity index (χ4v) is 2.80. The van der Waals surface area contributed by atoms with Gasteiger partial charge in [-0.2, -0.15) is 15.0 Å². The minimum atomic E-state index is 0.109. The van der Waals surface area contributed by atoms with Gasteiger partial charge in [-0.05, 0) is 24.5 Å². The zero-order valence-corrected chi connectivity index (χ0v) is 13.3. The fourth-order valence-electron chi connectivity index (χ4n) is 2.80. The van der Waals surface area contributed by atoms with Crippen LogP contribution in [0.15, 0.2) is 24.3 Å². The average molecular weight is 298 g/mol. The van der Waals surface area contributed by atoms with Crippen LogP contribution in [0.1, 0.15) is 29.9 Å². The van der Waals surface area contributed by atoms with E-state index >= 15 is 0 Å². The molecule has 1 atom stereocenters. The monoisotopic (exact) mass is 298 g/mol. The summed E-state index contributed by atoms with van der Waals surface area (Å²) in [7, 11) is 3.81. The second kappa shape index (κ2) is 5.88. The second-order valence-corrected chi connectivity index (χ2v) is 5.91. The van der Waals surface area contributed by atoms with E-state index in [1.165, 1.54) is 11.1 Å². The van der Waals surface area contributed by atoms with Gasteiger partial charge in [0, 0.05) is 27.2 Å². The Morgan fingerprint density at radius 1 is 1.14 bits per heavy atom. The first-order valence-corrected chi connectivity index (χ1v) is 7.54. The molecule has 2 aromatic rings. The predicted molar refractivity (Wildman–Crippen MR) is 87.5 cm³/mol. The van der Waals surface area contributed by atoms with E-state index in [4.69, 9.17) is 5.73 Å². The molecule has 0 unspecified atom stereocenters. The number of nitrogen functional groups attached to an aromatic ring is 1. The van der Waals surface area contributed by atoms with Crippen LogP contribution in [0.5, 0.6) is 0 Å². The van der Waals surface area contributed by atoms with Crippen LogP contribution in [0.25, 0.3) is 0 Å². The average Bonchev–Trinajstić information content (AvgIpc) is 2.53. The summed E-state index contributed by atoms with van der Waals surface area (Å²) in [5, 5.41) is 0. The van der Waals surface area contributed by atoms with Gasteiger partial charge < -0.3 is 10.6 Å². The molecule has 22 heavy (non-hydrogen) atoms. The number of benzene rings is 1. The van der Waals surface area contributed by atoms with Gasteiger partial charge in [-0.15, -0.1) is 0 Å². The molecule has 1 aromatic carbocycles. The lowest BCUT2D eigenvalue weighted by molar-refractivity contribution is 0.185. The molecule has 6 nitrogen and oxygen atoms in total. The first-order valence-electron chi connectivity index (χ1n) is 7.54. The van der Waals surface area contributed by atoms with Crippen LogP contribution in [0.4, 0.5) is 11.9 Å². The number of hydrogen-bond donors (Lipinski definition) is 1. The quantitative estimate of drug-likeness (QED) is 0.929. The largest absolute Gasteiger partial charge is 0.368 e. The maximum absolute atomic E-state index is 5.83. The van der Waals surface area contributed by atoms with Gasteiger partial charge in [0.25, 0.3) is 0 Å². The summed E-state index contributed by atoms with van der Waals surface area (Å²) in [5.41, 5.74) is 8.66. The molecule has 0 bridgehead atoms. The third-order valence-electron chi connectivity index (χ3n) is 4.14. The summed E-state index contributed by atoms with van der Waals surface area (Å²) in [4.78, 5) is 17.3. The van der Waals surface area contributed by atoms with Crippen LogP contribution in [0.3, 0.4) is 0 Å². The van der Waals surface area contributed by atoms with Crippen molar-refractivity contribution < 1.29 is 0 Å². The second-order valence-electron chi connectivity index (χ2n) is 5.91. The molecule has 116 valence electrons. The van der Waals surface area contributed by atoms with Crippen molar-refractivity contribution in [1.82, 2.24) is 19.9 Å². The highest BCUT2D eigenvalue weighted by Gasteiger charge is 2.24. The van der Waals surface area contributed by atoms with Crippen LogP contribution in [-0.2, 0) is 13.0 Å². The van der Waals surface area contributed by atoms with Gasteiger partial charge >= 0.3 is 0 Å². The first-order chi connectivity index (χ1) is 10.5. The molecule has 1 aromatic heterocycles. The third-order valence-corrected chi connectivity index (χ3v) is 4.14. The maximum atomic E-state index is 5.83. The van der Waals surface area contributed by atoms with E-state index in [9.17, 15) is 0 Å². The molecular formula is C16H22N6. The Morgan fingerprint density at radius 2 is 1.86 bits per heavy atom. The van der Waals surface area contributed by atoms with Gasteiger partial charge in [0.1, 0.15) is 0 Å². The molecule has 0 saturated heterocycles. The molecule has 0 amide bonds. The van der Waals surface area contributed by atoms with E-state index in [1.54, 1.807) is 0 Å². The number of aromatic nitrogens is 3. The molecule has 0 spiro atoms. The molecule has 0 saturated carbocycles. The maximum Gasteiger partial charge on any atom is 0.229 e. The summed E-state index contributed by atoms with van der Waals surface area (Å²) >= 11 is 0. The van der Waals surface area contributed by atoms with Crippen molar-refractivity contribution in [1.29, 1.82) is 0 Å². The van der Waals surface area contributed by atoms with E-state index in [1.807, 2.05) is 19.0 Å². The Balaban J connectivity index is 1.84. The summed E-state index contributed by atoms with van der Waals surface area (Å²) in [5.74, 6) is 1.61. The van der Waals surface area contributed by atoms with E-state index in [-0.39, 0.29) is 12.0 Å². The molecule has 6 heteroatoms. The van der Waals surface area contributed by atoms with Crippen molar-refractivity contribution >= 4 is 11.9 Å². The van der Waals surface area contributed by atoms with Gasteiger partial charge in [-0.1, -0.05) is 24.3 Å². The van der Waals surface area contributed by atoms with Crippen LogP contribution in [-0.4, -0.2) is 40.5 Å². The molecule has 1 aliphatic heterocycles. The molecule has 0 radical (unpaired) electrons. The molecule has 0 aliphatic carbocycles. The predicted octanol–water partition coefficient (Wildman–Crippen LogP) is 1.64. The molecule has 1 aliphatic rings. The molecule has 2 N–H and O–H groups in total. The van der Waals surface area contributed by atoms with Gasteiger partial charge in [0.05, 0.1) is 6.04 Å². The van der Waals surface area contributed by atoms with Crippen molar-refractivity contribution in [3.8, 4) is 0 Å². The minimum Gasteiger partial charge on any atom is -0.368 e. The molecular weight excluding hydrogens is 276 g/mol. The van der Waals surface area contributed by atoms with Crippen molar-refractivity contribution in [3.05, 3.63) is 41.2 Å². The highest BCUT2D eigenvalue weighted by molar-refractivity contribution is 5.33. The number of hydrogen-bond acceptors (Lipinski definition) is 6. The summed E-state index contributed by atoms with van der Waals surface area (Å²) < 4.78 is 0. The smallest absolute Gasteiger partial charge is 0.229 e. The lowest BCUT2D eigenvalue weighted by atomic mass is 9.99. The SMILES string of the molecule is C[C@@H](c1nc(N)nc(N(C)C)n1)N1CCc2ccccc2C1. The molecule has 2 heterocycles. The molecule has 3 rings (SSSR count). The highest BCUT2D eigenvalue weighted by Crippen LogP contribution is 2.26. The van der Waals surface area contributed by atoms with Gasteiger partial charge in [0.15, 0.2) is 5.82 Å². The van der Waals surface area contributed by atoms with E-state index < -0.39 is 0 Å². The fraction of sp³-hybridized carbons (Fsp3) is 0.438. The van der Waals surface area contributed by atoms with Crippen LogP contribution >= 0.6 is 0 Å². The Morgan fingerprint density at radius 3 is 2.59 bits per heavy atom. The minimum absolute atomic E-state index is 0.109. The van der Waals surface area contributed by atoms with E-state index in [0.29, 0.717) is 5.95 Å². The van der Waals surface area contributed by atoms with Crippen molar-refractivity contribution in [3.63, 3.8) is 0 Å². The summed E-state index contributed by atoms with van der Waals surface area (Å²) in [6.45, 7) is 4.05. The highest BCUT2D eigenvalue weighted by atomic mass is 15.3. The Bertz CT molecular complexity index is 669. The van der Waals surface area contributed by atoms with Gasteiger partial charge in [-0.3, -0.25) is 4.90 Å². The van der Waals surface area contributed by atoms with Gasteiger partial charge in [-0.25, -0.2) is 0 Å². The lowest BCUT2D eigenvalue weighted by Crippen LogP contribution is -2.34. The van der Waals surface area contributed by atoms with Gasteiger partial charge in [0.2, 0.25) is 11.9 Å². The Hall–Kier alpha value is -2.21. The number of fused-ring (bicyclic) bond motifs is 1. The van der Waals surface area contributed by atoms with Crippen molar-refractivity contribution in [2.24, 2.45) is 0 Å². The van der Waals surface area contributed by atoms with E-state index in [2.05, 4.69) is 51.0 Å². The number of nitrogens with zero attached hydrogens (tertiary/aromatic N) is 5. The normalized spacial score (nSPS) is 16.1. The summed E-state index contributed by atoms with van der Waals surface area (Å²) in [6, 6.07) is 8.72. The number of anilines is 2. The van der Waals surface area contributed by atoms with Crippen LogP contribution < -0.4 is 10.6 Å². The Labute approximate surface area is 131 Å². The van der Waals surface area contributed by atoms with E-state index in [0.717, 1.165) is 25.3 Å². The Kier molecular flexibility index (Phi) is 3.94. The molecule has 0 fully saturated rings. The topological polar surface area (TPSA) is 71.2 Å². The van der Waals surface area contributed by atoms with Crippen molar-refractivity contribution in [2.75, 3.05) is 31.3 Å². The van der Waals surface area contributed by atoms with Crippen LogP contribution in [0, 0.1) is 0 Å². The lowest BCUT2D eigenvalue weighted by Gasteiger charge is -2.33.